The minimum Gasteiger partial charge on any atom is -0.460 e. The number of alkyl carbamates (subject to hydrolysis) is 1. The number of amides is 1. The largest absolute Gasteiger partial charge is 0.460 e. The van der Waals surface area contributed by atoms with Gasteiger partial charge in [0.25, 0.3) is 0 Å². The van der Waals surface area contributed by atoms with E-state index in [9.17, 15) is 9.59 Å². The summed E-state index contributed by atoms with van der Waals surface area (Å²) in [6, 6.07) is 33.1. The highest BCUT2D eigenvalue weighted by Gasteiger charge is 2.28. The summed E-state index contributed by atoms with van der Waals surface area (Å²) in [5.41, 5.74) is 29.6. The summed E-state index contributed by atoms with van der Waals surface area (Å²) in [5.74, 6) is 3.83. The fourth-order valence-corrected chi connectivity index (χ4v) is 8.87. The zero-order valence-electron chi connectivity index (χ0n) is 52.2. The SMILES string of the molecule is C.CC(C)[C@H](CC(=O)OC(C)(C)C)c1ncc(-c2ccc(-c3ccc(-c4cnc([C@@H](NC(=O)OC(C)(C)C)C(C)C)[nH]4)cc3)cc2)[nH]1.CC(C)[C@H](N)c1ncc(-c2ccc(-c3ccc(-c4cnc([C@@H](N)C(C)C)[nH]4)cc3)cc2)[nH]1.N=NN=NCl.S.S.S.S. The van der Waals surface area contributed by atoms with E-state index in [1.807, 2.05) is 74.0 Å². The first-order valence-electron chi connectivity index (χ1n) is 28.0. The Hall–Kier alpha value is -6.73. The van der Waals surface area contributed by atoms with Crippen molar-refractivity contribution in [2.45, 2.75) is 146 Å². The van der Waals surface area contributed by atoms with Crippen LogP contribution in [0.4, 0.5) is 4.79 Å². The summed E-state index contributed by atoms with van der Waals surface area (Å²) in [6.45, 7) is 27.8. The Balaban J connectivity index is 0.000000810. The Bertz CT molecular complexity index is 3150. The van der Waals surface area contributed by atoms with Gasteiger partial charge in [0.2, 0.25) is 0 Å². The Labute approximate surface area is 552 Å². The molecule has 4 aromatic carbocycles. The molecule has 0 aliphatic rings. The van der Waals surface area contributed by atoms with Crippen LogP contribution in [0.25, 0.3) is 67.3 Å². The van der Waals surface area contributed by atoms with Gasteiger partial charge < -0.3 is 46.2 Å². The number of carbonyl (C=O) groups is 2. The van der Waals surface area contributed by atoms with E-state index < -0.39 is 17.3 Å². The van der Waals surface area contributed by atoms with Gasteiger partial charge in [0.05, 0.1) is 83.9 Å². The highest BCUT2D eigenvalue weighted by molar-refractivity contribution is 7.59. The lowest BCUT2D eigenvalue weighted by Gasteiger charge is -2.24. The fraction of sp³-hybridized carbons (Fsp3) is 0.406. The van der Waals surface area contributed by atoms with E-state index in [0.29, 0.717) is 17.7 Å². The number of aromatic amines is 4. The molecule has 0 aliphatic heterocycles. The third-order valence-corrected chi connectivity index (χ3v) is 13.6. The highest BCUT2D eigenvalue weighted by atomic mass is 35.5. The van der Waals surface area contributed by atoms with Crippen molar-refractivity contribution in [3.05, 3.63) is 145 Å². The van der Waals surface area contributed by atoms with Gasteiger partial charge >= 0.3 is 12.1 Å². The number of halogens is 1. The maximum Gasteiger partial charge on any atom is 0.408 e. The quantitative estimate of drug-likeness (QED) is 0.0228. The number of imidazole rings is 4. The molecule has 0 unspecified atom stereocenters. The lowest BCUT2D eigenvalue weighted by Crippen LogP contribution is -2.37. The van der Waals surface area contributed by atoms with E-state index in [-0.39, 0.29) is 110 Å². The number of hydrogen-bond acceptors (Lipinski definition) is 12. The standard InChI is InChI=1S/C37H49N5O4.C26H32N6.CH4.ClHN4.4H2S/c1-22(2)28(19-31(43)45-36(5,6)7)33-38-20-29(40-33)26-15-11-24(12-16-26)25-13-17-27(18-14-25)30-21-39-34(41-30)32(23(3)4)42-35(44)46-37(8,9)10;1-15(2)23(27)25-29-13-21(31-25)19-9-5-17(6-10-19)18-7-11-20(12-8-18)22-14-30-26(32-22)24(28)16(3)4;;1-3-5-4-2;;;;/h11-18,20-23,28,32H,19H2,1-10H3,(H,38,40)(H,39,41)(H,42,44);5-16,23-24H,27-28H2,1-4H3,(H,29,31)(H,30,32);1H4;2H;4*1H2/t28-,32-;23-,24-;;;;;;/m00....../s1. The highest BCUT2D eigenvalue weighted by Crippen LogP contribution is 2.33. The van der Waals surface area contributed by atoms with Crippen molar-refractivity contribution in [3.63, 3.8) is 0 Å². The summed E-state index contributed by atoms with van der Waals surface area (Å²) >= 11 is 4.55. The lowest BCUT2D eigenvalue weighted by molar-refractivity contribution is -0.155. The van der Waals surface area contributed by atoms with Crippen LogP contribution in [-0.2, 0) is 14.3 Å². The fourth-order valence-electron chi connectivity index (χ4n) is 8.83. The number of benzene rings is 4. The normalized spacial score (nSPS) is 12.5. The molecule has 0 fully saturated rings. The second-order valence-electron chi connectivity index (χ2n) is 23.9. The molecule has 0 saturated heterocycles. The zero-order valence-corrected chi connectivity index (χ0v) is 56.9. The number of hydrogen-bond donors (Lipinski definition) is 8. The molecule has 8 aromatic rings. The minimum atomic E-state index is -0.577. The Morgan fingerprint density at radius 1 is 0.500 bits per heavy atom. The molecule has 0 aliphatic carbocycles. The monoisotopic (exact) mass is 1300 g/mol. The molecule has 0 saturated carbocycles. The van der Waals surface area contributed by atoms with Crippen LogP contribution in [0.2, 0.25) is 0 Å². The lowest BCUT2D eigenvalue weighted by atomic mass is 9.92. The van der Waals surface area contributed by atoms with Gasteiger partial charge in [-0.05, 0) is 120 Å². The molecule has 4 heterocycles. The van der Waals surface area contributed by atoms with Gasteiger partial charge in [-0.25, -0.2) is 24.7 Å². The van der Waals surface area contributed by atoms with Gasteiger partial charge in [-0.1, -0.05) is 165 Å². The molecule has 24 heteroatoms. The molecule has 19 nitrogen and oxygen atoms in total. The molecule has 4 aromatic heterocycles. The summed E-state index contributed by atoms with van der Waals surface area (Å²) in [4.78, 5) is 56.6. The predicted molar refractivity (Wildman–Crippen MR) is 377 cm³/mol. The van der Waals surface area contributed by atoms with Crippen molar-refractivity contribution in [1.82, 2.24) is 45.2 Å². The molecule has 1 amide bonds. The smallest absolute Gasteiger partial charge is 0.408 e. The summed E-state index contributed by atoms with van der Waals surface area (Å²) < 4.78 is 13.6. The second kappa shape index (κ2) is 36.1. The molecule has 0 bridgehead atoms. The average molecular weight is 1300 g/mol. The van der Waals surface area contributed by atoms with Crippen LogP contribution >= 0.6 is 65.8 Å². The van der Waals surface area contributed by atoms with Crippen molar-refractivity contribution in [2.24, 2.45) is 50.2 Å². The van der Waals surface area contributed by atoms with Gasteiger partial charge in [-0.3, -0.25) is 4.79 Å². The van der Waals surface area contributed by atoms with Gasteiger partial charge in [-0.15, -0.1) is 0 Å². The first kappa shape index (κ1) is 79.3. The maximum absolute atomic E-state index is 12.5. The Morgan fingerprint density at radius 2 is 0.795 bits per heavy atom. The van der Waals surface area contributed by atoms with Gasteiger partial charge in [0, 0.05) is 5.92 Å². The Kier molecular flexibility index (Phi) is 32.5. The maximum atomic E-state index is 12.5. The number of nitrogens with two attached hydrogens (primary N) is 2. The van der Waals surface area contributed by atoms with Gasteiger partial charge in [-0.2, -0.15) is 59.5 Å². The third-order valence-electron chi connectivity index (χ3n) is 13.6. The summed E-state index contributed by atoms with van der Waals surface area (Å²) in [6.07, 6.45) is 7.13. The number of carbonyl (C=O) groups excluding carboxylic acids is 2. The molecule has 10 N–H and O–H groups in total. The van der Waals surface area contributed by atoms with E-state index in [2.05, 4.69) is 211 Å². The Morgan fingerprint density at radius 3 is 1.07 bits per heavy atom. The minimum absolute atomic E-state index is 0. The number of esters is 1. The predicted octanol–water partition coefficient (Wildman–Crippen LogP) is 16.9. The van der Waals surface area contributed by atoms with E-state index in [0.717, 1.165) is 84.8 Å². The number of ether oxygens (including phenoxy) is 2. The van der Waals surface area contributed by atoms with Gasteiger partial charge in [0.15, 0.2) is 0 Å². The van der Waals surface area contributed by atoms with Crippen LogP contribution in [0.15, 0.2) is 137 Å². The van der Waals surface area contributed by atoms with E-state index >= 15 is 0 Å². The van der Waals surface area contributed by atoms with Crippen molar-refractivity contribution in [3.8, 4) is 67.3 Å². The molecule has 0 spiro atoms. The second-order valence-corrected chi connectivity index (χ2v) is 24.0. The first-order chi connectivity index (χ1) is 39.2. The molecular weight excluding hydrogens is 1210 g/mol. The van der Waals surface area contributed by atoms with Crippen LogP contribution in [-0.4, -0.2) is 63.1 Å². The van der Waals surface area contributed by atoms with E-state index in [4.69, 9.17) is 26.5 Å². The van der Waals surface area contributed by atoms with Crippen LogP contribution in [0.5, 0.6) is 0 Å². The van der Waals surface area contributed by atoms with Crippen LogP contribution in [0, 0.1) is 29.2 Å². The molecular formula is C64H94ClN15O4S4. The van der Waals surface area contributed by atoms with Gasteiger partial charge in [0.1, 0.15) is 34.5 Å². The average Bonchev–Trinajstić information content (AvgIpc) is 2.71. The van der Waals surface area contributed by atoms with E-state index in [1.54, 1.807) is 6.20 Å². The number of H-pyrrole nitrogens is 4. The number of nitrogens with one attached hydrogen (secondary N) is 6. The van der Waals surface area contributed by atoms with Crippen LogP contribution < -0.4 is 16.8 Å². The third kappa shape index (κ3) is 23.0. The first-order valence-corrected chi connectivity index (χ1v) is 28.3. The van der Waals surface area contributed by atoms with Crippen molar-refractivity contribution in [2.75, 3.05) is 0 Å². The molecule has 480 valence electrons. The van der Waals surface area contributed by atoms with Crippen LogP contribution in [0.1, 0.15) is 158 Å². The molecule has 4 atom stereocenters. The summed E-state index contributed by atoms with van der Waals surface area (Å²) in [7, 11) is 0. The summed E-state index contributed by atoms with van der Waals surface area (Å²) in [5, 5.41) is 8.03. The van der Waals surface area contributed by atoms with Crippen molar-refractivity contribution >= 4 is 77.8 Å². The topological polar surface area (TPSA) is 292 Å². The van der Waals surface area contributed by atoms with Crippen LogP contribution in [0.3, 0.4) is 0 Å². The van der Waals surface area contributed by atoms with E-state index in [1.165, 1.54) is 0 Å². The number of aromatic nitrogens is 8. The molecule has 0 radical (unpaired) electrons. The zero-order chi connectivity index (χ0) is 60.8. The van der Waals surface area contributed by atoms with Crippen molar-refractivity contribution in [1.29, 1.82) is 5.53 Å². The molecule has 8 rings (SSSR count). The van der Waals surface area contributed by atoms with Crippen molar-refractivity contribution < 1.29 is 19.1 Å². The molecule has 88 heavy (non-hydrogen) atoms. The number of rotatable bonds is 18. The number of nitrogens with zero attached hydrogens (tertiary/aromatic N) is 7.